The van der Waals surface area contributed by atoms with Gasteiger partial charge in [0, 0.05) is 5.69 Å². The highest BCUT2D eigenvalue weighted by Gasteiger charge is 2.04. The van der Waals surface area contributed by atoms with Crippen LogP contribution in [0, 0.1) is 6.92 Å². The average Bonchev–Trinajstić information content (AvgIpc) is 2.38. The molecule has 0 atom stereocenters. The molecular formula is C11H13ClN6. The third-order valence-electron chi connectivity index (χ3n) is 2.26. The summed E-state index contributed by atoms with van der Waals surface area (Å²) in [6.45, 7) is 2.47. The van der Waals surface area contributed by atoms with Gasteiger partial charge in [-0.05, 0) is 19.1 Å². The Morgan fingerprint density at radius 3 is 2.89 bits per heavy atom. The Bertz CT molecular complexity index is 545. The average molecular weight is 265 g/mol. The van der Waals surface area contributed by atoms with Gasteiger partial charge in [0.1, 0.15) is 5.02 Å². The van der Waals surface area contributed by atoms with Crippen LogP contribution < -0.4 is 16.6 Å². The van der Waals surface area contributed by atoms with Gasteiger partial charge in [-0.3, -0.25) is 10.4 Å². The minimum atomic E-state index is 0.305. The van der Waals surface area contributed by atoms with Crippen molar-refractivity contribution in [1.82, 2.24) is 15.0 Å². The summed E-state index contributed by atoms with van der Waals surface area (Å²) < 4.78 is 0. The lowest BCUT2D eigenvalue weighted by atomic mass is 10.3. The number of halogens is 1. The Balaban J connectivity index is 2.10. The van der Waals surface area contributed by atoms with Gasteiger partial charge in [0.15, 0.2) is 5.82 Å². The van der Waals surface area contributed by atoms with Crippen LogP contribution in [0.1, 0.15) is 11.4 Å². The fourth-order valence-electron chi connectivity index (χ4n) is 1.43. The summed E-state index contributed by atoms with van der Waals surface area (Å²) in [5.41, 5.74) is 4.24. The van der Waals surface area contributed by atoms with E-state index in [9.17, 15) is 0 Å². The van der Waals surface area contributed by atoms with E-state index in [-0.39, 0.29) is 0 Å². The molecule has 0 fully saturated rings. The minimum Gasteiger partial charge on any atom is -0.363 e. The van der Waals surface area contributed by atoms with E-state index in [0.29, 0.717) is 23.3 Å². The Kier molecular flexibility index (Phi) is 3.91. The van der Waals surface area contributed by atoms with Crippen LogP contribution in [0.2, 0.25) is 5.02 Å². The summed E-state index contributed by atoms with van der Waals surface area (Å²) in [6, 6.07) is 5.82. The number of aryl methyl sites for hydroxylation is 1. The molecule has 0 saturated heterocycles. The zero-order chi connectivity index (χ0) is 13.0. The molecule has 0 aliphatic carbocycles. The maximum Gasteiger partial charge on any atom is 0.239 e. The molecule has 2 heterocycles. The zero-order valence-electron chi connectivity index (χ0n) is 9.81. The first kappa shape index (κ1) is 12.5. The standard InChI is InChI=1S/C11H13ClN6/c1-7-3-2-4-8(16-7)5-14-10-9(12)6-15-11(17-10)18-13/h2-4,6H,5,13H2,1H3,(H2,14,15,17,18). The molecule has 2 aromatic heterocycles. The normalized spacial score (nSPS) is 10.2. The second kappa shape index (κ2) is 5.61. The second-order valence-corrected chi connectivity index (χ2v) is 4.07. The van der Waals surface area contributed by atoms with Crippen molar-refractivity contribution in [3.05, 3.63) is 40.8 Å². The van der Waals surface area contributed by atoms with Gasteiger partial charge in [0.2, 0.25) is 5.95 Å². The fraction of sp³-hybridized carbons (Fsp3) is 0.182. The molecule has 7 heteroatoms. The third-order valence-corrected chi connectivity index (χ3v) is 2.53. The number of nitrogens with two attached hydrogens (primary N) is 1. The number of nitrogens with zero attached hydrogens (tertiary/aromatic N) is 3. The quantitative estimate of drug-likeness (QED) is 0.576. The summed E-state index contributed by atoms with van der Waals surface area (Å²) in [7, 11) is 0. The van der Waals surface area contributed by atoms with Gasteiger partial charge >= 0.3 is 0 Å². The largest absolute Gasteiger partial charge is 0.363 e. The Morgan fingerprint density at radius 2 is 2.17 bits per heavy atom. The van der Waals surface area contributed by atoms with Crippen molar-refractivity contribution >= 4 is 23.4 Å². The molecule has 2 rings (SSSR count). The van der Waals surface area contributed by atoms with Gasteiger partial charge in [-0.25, -0.2) is 10.8 Å². The molecule has 0 bridgehead atoms. The summed E-state index contributed by atoms with van der Waals surface area (Å²) in [5, 5.41) is 3.52. The first-order chi connectivity index (χ1) is 8.69. The predicted octanol–water partition coefficient (Wildman–Crippen LogP) is 1.73. The SMILES string of the molecule is Cc1cccc(CNc2nc(NN)ncc2Cl)n1. The van der Waals surface area contributed by atoms with E-state index in [1.807, 2.05) is 25.1 Å². The number of hydrogen-bond acceptors (Lipinski definition) is 6. The van der Waals surface area contributed by atoms with Crippen molar-refractivity contribution in [3.8, 4) is 0 Å². The number of rotatable bonds is 4. The molecular weight excluding hydrogens is 252 g/mol. The summed E-state index contributed by atoms with van der Waals surface area (Å²) in [5.74, 6) is 6.06. The molecule has 4 N–H and O–H groups in total. The van der Waals surface area contributed by atoms with E-state index < -0.39 is 0 Å². The molecule has 0 spiro atoms. The highest BCUT2D eigenvalue weighted by Crippen LogP contribution is 2.19. The first-order valence-electron chi connectivity index (χ1n) is 5.34. The maximum atomic E-state index is 5.97. The lowest BCUT2D eigenvalue weighted by Crippen LogP contribution is -2.12. The van der Waals surface area contributed by atoms with Crippen LogP contribution in [0.5, 0.6) is 0 Å². The number of nitrogen functional groups attached to an aromatic ring is 1. The van der Waals surface area contributed by atoms with Gasteiger partial charge in [0.25, 0.3) is 0 Å². The van der Waals surface area contributed by atoms with Crippen LogP contribution >= 0.6 is 11.6 Å². The Labute approximate surface area is 110 Å². The molecule has 0 amide bonds. The molecule has 0 aromatic carbocycles. The molecule has 94 valence electrons. The van der Waals surface area contributed by atoms with Crippen LogP contribution in [-0.4, -0.2) is 15.0 Å². The van der Waals surface area contributed by atoms with Crippen molar-refractivity contribution in [2.24, 2.45) is 5.84 Å². The highest BCUT2D eigenvalue weighted by molar-refractivity contribution is 6.32. The lowest BCUT2D eigenvalue weighted by Gasteiger charge is -2.08. The van der Waals surface area contributed by atoms with Gasteiger partial charge in [-0.2, -0.15) is 4.98 Å². The monoisotopic (exact) mass is 264 g/mol. The topological polar surface area (TPSA) is 88.8 Å². The number of hydrogen-bond donors (Lipinski definition) is 3. The van der Waals surface area contributed by atoms with E-state index in [2.05, 4.69) is 25.7 Å². The molecule has 18 heavy (non-hydrogen) atoms. The van der Waals surface area contributed by atoms with Crippen LogP contribution in [0.15, 0.2) is 24.4 Å². The molecule has 6 nitrogen and oxygen atoms in total. The van der Waals surface area contributed by atoms with Crippen molar-refractivity contribution in [1.29, 1.82) is 0 Å². The summed E-state index contributed by atoms with van der Waals surface area (Å²) >= 11 is 5.97. The molecule has 0 aliphatic heterocycles. The van der Waals surface area contributed by atoms with E-state index >= 15 is 0 Å². The number of hydrazine groups is 1. The Hall–Kier alpha value is -1.92. The maximum absolute atomic E-state index is 5.97. The van der Waals surface area contributed by atoms with Gasteiger partial charge in [-0.1, -0.05) is 17.7 Å². The third kappa shape index (κ3) is 3.06. The van der Waals surface area contributed by atoms with Crippen LogP contribution in [0.4, 0.5) is 11.8 Å². The molecule has 0 radical (unpaired) electrons. The van der Waals surface area contributed by atoms with Crippen molar-refractivity contribution in [2.75, 3.05) is 10.7 Å². The van der Waals surface area contributed by atoms with Crippen LogP contribution in [-0.2, 0) is 6.54 Å². The van der Waals surface area contributed by atoms with Crippen LogP contribution in [0.25, 0.3) is 0 Å². The molecule has 0 aliphatic rings. The first-order valence-corrected chi connectivity index (χ1v) is 5.72. The Morgan fingerprint density at radius 1 is 1.33 bits per heavy atom. The predicted molar refractivity (Wildman–Crippen MR) is 71.2 cm³/mol. The summed E-state index contributed by atoms with van der Waals surface area (Å²) in [4.78, 5) is 12.4. The van der Waals surface area contributed by atoms with E-state index in [4.69, 9.17) is 17.4 Å². The molecule has 0 unspecified atom stereocenters. The van der Waals surface area contributed by atoms with E-state index in [1.54, 1.807) is 0 Å². The van der Waals surface area contributed by atoms with Gasteiger partial charge in [-0.15, -0.1) is 0 Å². The smallest absolute Gasteiger partial charge is 0.239 e. The number of nitrogens with one attached hydrogen (secondary N) is 2. The summed E-state index contributed by atoms with van der Waals surface area (Å²) in [6.07, 6.45) is 1.48. The zero-order valence-corrected chi connectivity index (χ0v) is 10.6. The number of aromatic nitrogens is 3. The van der Waals surface area contributed by atoms with E-state index in [0.717, 1.165) is 11.4 Å². The fourth-order valence-corrected chi connectivity index (χ4v) is 1.59. The molecule has 0 saturated carbocycles. The van der Waals surface area contributed by atoms with Crippen molar-refractivity contribution < 1.29 is 0 Å². The second-order valence-electron chi connectivity index (χ2n) is 3.66. The number of anilines is 2. The van der Waals surface area contributed by atoms with E-state index in [1.165, 1.54) is 6.20 Å². The highest BCUT2D eigenvalue weighted by atomic mass is 35.5. The minimum absolute atomic E-state index is 0.305. The molecule has 2 aromatic rings. The van der Waals surface area contributed by atoms with Crippen molar-refractivity contribution in [3.63, 3.8) is 0 Å². The van der Waals surface area contributed by atoms with Crippen LogP contribution in [0.3, 0.4) is 0 Å². The van der Waals surface area contributed by atoms with Gasteiger partial charge in [0.05, 0.1) is 18.4 Å². The number of pyridine rings is 1. The lowest BCUT2D eigenvalue weighted by molar-refractivity contribution is 0.996. The van der Waals surface area contributed by atoms with Crippen molar-refractivity contribution in [2.45, 2.75) is 13.5 Å². The van der Waals surface area contributed by atoms with Gasteiger partial charge < -0.3 is 5.32 Å².